The Hall–Kier alpha value is -1.76. The Morgan fingerprint density at radius 3 is 2.53 bits per heavy atom. The van der Waals surface area contributed by atoms with Crippen molar-refractivity contribution in [2.24, 2.45) is 0 Å². The lowest BCUT2D eigenvalue weighted by atomic mass is 10.1. The first kappa shape index (κ1) is 13.7. The predicted molar refractivity (Wildman–Crippen MR) is 55.4 cm³/mol. The van der Waals surface area contributed by atoms with E-state index in [-0.39, 0.29) is 10.9 Å². The van der Waals surface area contributed by atoms with E-state index in [4.69, 9.17) is 0 Å². The van der Waals surface area contributed by atoms with Crippen LogP contribution in [-0.2, 0) is 4.57 Å². The van der Waals surface area contributed by atoms with Crippen molar-refractivity contribution in [3.63, 3.8) is 0 Å². The third kappa shape index (κ3) is 2.65. The number of benzene rings is 1. The topological polar surface area (TPSA) is 103 Å². The number of phosphoric acid groups is 1. The average Bonchev–Trinajstić information content (AvgIpc) is 2.25. The number of phosphoric ester groups is 1. The summed E-state index contributed by atoms with van der Waals surface area (Å²) in [5, 5.41) is -0.0754. The number of aryl methyl sites for hydroxylation is 1. The van der Waals surface area contributed by atoms with Gasteiger partial charge in [0.25, 0.3) is 0 Å². The maximum atomic E-state index is 13.8. The monoisotopic (exact) mass is 290 g/mol. The SMILES string of the molecule is Cc1cc(=O)oc2c(F)c(OP(=O)([O-])[O-])c(F)cc12. The van der Waals surface area contributed by atoms with Crippen molar-refractivity contribution in [1.82, 2.24) is 0 Å². The number of hydrogen-bond donors (Lipinski definition) is 0. The van der Waals surface area contributed by atoms with Crippen LogP contribution in [0, 0.1) is 18.6 Å². The molecule has 1 aromatic carbocycles. The highest BCUT2D eigenvalue weighted by molar-refractivity contribution is 7.43. The fourth-order valence-corrected chi connectivity index (χ4v) is 1.95. The van der Waals surface area contributed by atoms with Gasteiger partial charge in [-0.2, -0.15) is 4.39 Å². The minimum Gasteiger partial charge on any atom is -0.780 e. The Bertz CT molecular complexity index is 763. The molecule has 0 aliphatic carbocycles. The van der Waals surface area contributed by atoms with E-state index >= 15 is 0 Å². The molecule has 9 heteroatoms. The number of halogens is 2. The lowest BCUT2D eigenvalue weighted by Gasteiger charge is -2.29. The molecular weight excluding hydrogens is 285 g/mol. The second-order valence-electron chi connectivity index (χ2n) is 3.67. The molecule has 0 amide bonds. The van der Waals surface area contributed by atoms with Gasteiger partial charge in [-0.25, -0.2) is 9.18 Å². The largest absolute Gasteiger partial charge is 0.780 e. The van der Waals surface area contributed by atoms with Gasteiger partial charge in [0, 0.05) is 11.5 Å². The zero-order valence-corrected chi connectivity index (χ0v) is 10.2. The molecule has 102 valence electrons. The summed E-state index contributed by atoms with van der Waals surface area (Å²) in [6, 6.07) is 1.72. The van der Waals surface area contributed by atoms with Gasteiger partial charge in [-0.15, -0.1) is 0 Å². The summed E-state index contributed by atoms with van der Waals surface area (Å²) in [5.41, 5.74) is -1.37. The van der Waals surface area contributed by atoms with Gasteiger partial charge >= 0.3 is 5.63 Å². The fourth-order valence-electron chi connectivity index (χ4n) is 1.56. The van der Waals surface area contributed by atoms with Crippen LogP contribution >= 0.6 is 7.82 Å². The Morgan fingerprint density at radius 1 is 1.32 bits per heavy atom. The molecule has 0 spiro atoms. The summed E-state index contributed by atoms with van der Waals surface area (Å²) in [7, 11) is -5.64. The summed E-state index contributed by atoms with van der Waals surface area (Å²) >= 11 is 0. The van der Waals surface area contributed by atoms with Crippen LogP contribution in [0.15, 0.2) is 21.3 Å². The highest BCUT2D eigenvalue weighted by atomic mass is 31.2. The Kier molecular flexibility index (Phi) is 3.17. The highest BCUT2D eigenvalue weighted by Crippen LogP contribution is 2.37. The zero-order chi connectivity index (χ0) is 14.4. The van der Waals surface area contributed by atoms with Crippen LogP contribution in [0.5, 0.6) is 5.75 Å². The van der Waals surface area contributed by atoms with E-state index in [0.29, 0.717) is 6.07 Å². The normalized spacial score (nSPS) is 11.8. The quantitative estimate of drug-likeness (QED) is 0.592. The van der Waals surface area contributed by atoms with Crippen molar-refractivity contribution in [1.29, 1.82) is 0 Å². The van der Waals surface area contributed by atoms with Crippen LogP contribution in [-0.4, -0.2) is 0 Å². The van der Waals surface area contributed by atoms with Crippen molar-refractivity contribution >= 4 is 18.8 Å². The maximum Gasteiger partial charge on any atom is 0.336 e. The standard InChI is InChI=1S/C10H7F2O6P/c1-4-2-7(13)17-9-5(4)3-6(11)10(8(9)12)18-19(14,15)16/h2-3H,1H3,(H2,14,15,16)/p-2. The van der Waals surface area contributed by atoms with Crippen LogP contribution < -0.4 is 19.9 Å². The average molecular weight is 290 g/mol. The Labute approximate surface area is 104 Å². The number of rotatable bonds is 2. The second-order valence-corrected chi connectivity index (χ2v) is 4.74. The second kappa shape index (κ2) is 4.41. The summed E-state index contributed by atoms with van der Waals surface area (Å²) in [6.07, 6.45) is 0. The first-order valence-electron chi connectivity index (χ1n) is 4.83. The van der Waals surface area contributed by atoms with Gasteiger partial charge in [-0.05, 0) is 18.6 Å². The first-order chi connectivity index (χ1) is 8.69. The highest BCUT2D eigenvalue weighted by Gasteiger charge is 2.19. The third-order valence-corrected chi connectivity index (χ3v) is 2.70. The summed E-state index contributed by atoms with van der Waals surface area (Å²) in [4.78, 5) is 31.9. The molecule has 19 heavy (non-hydrogen) atoms. The van der Waals surface area contributed by atoms with Gasteiger partial charge in [0.1, 0.15) is 7.82 Å². The summed E-state index contributed by atoms with van der Waals surface area (Å²) in [6.45, 7) is 1.41. The first-order valence-corrected chi connectivity index (χ1v) is 6.29. The van der Waals surface area contributed by atoms with E-state index in [1.807, 2.05) is 0 Å². The lowest BCUT2D eigenvalue weighted by molar-refractivity contribution is -0.334. The molecule has 0 bridgehead atoms. The van der Waals surface area contributed by atoms with Gasteiger partial charge in [-0.1, -0.05) is 0 Å². The predicted octanol–water partition coefficient (Wildman–Crippen LogP) is 0.587. The van der Waals surface area contributed by atoms with Crippen molar-refractivity contribution in [2.75, 3.05) is 0 Å². The Balaban J connectivity index is 2.82. The van der Waals surface area contributed by atoms with Gasteiger partial charge in [0.05, 0.1) is 0 Å². The van der Waals surface area contributed by atoms with Crippen molar-refractivity contribution < 1.29 is 32.1 Å². The van der Waals surface area contributed by atoms with Crippen LogP contribution in [0.2, 0.25) is 0 Å². The summed E-state index contributed by atoms with van der Waals surface area (Å²) in [5.74, 6) is -4.38. The summed E-state index contributed by atoms with van der Waals surface area (Å²) < 4.78 is 45.9. The molecule has 0 atom stereocenters. The minimum absolute atomic E-state index is 0.0754. The van der Waals surface area contributed by atoms with Crippen LogP contribution in [0.25, 0.3) is 11.0 Å². The molecule has 1 aromatic heterocycles. The number of hydrogen-bond acceptors (Lipinski definition) is 6. The minimum atomic E-state index is -5.64. The van der Waals surface area contributed by atoms with E-state index in [2.05, 4.69) is 8.94 Å². The molecule has 0 aliphatic heterocycles. The Morgan fingerprint density at radius 2 is 1.95 bits per heavy atom. The molecule has 0 aliphatic rings. The third-order valence-electron chi connectivity index (χ3n) is 2.30. The molecule has 0 fully saturated rings. The van der Waals surface area contributed by atoms with E-state index in [1.54, 1.807) is 0 Å². The maximum absolute atomic E-state index is 13.8. The molecule has 0 saturated heterocycles. The fraction of sp³-hybridized carbons (Fsp3) is 0.100. The molecular formula is C10H5F2O6P-2. The van der Waals surface area contributed by atoms with Gasteiger partial charge in [0.2, 0.25) is 5.82 Å². The molecule has 0 radical (unpaired) electrons. The molecule has 0 saturated carbocycles. The van der Waals surface area contributed by atoms with Gasteiger partial charge < -0.3 is 23.3 Å². The molecule has 1 heterocycles. The molecule has 6 nitrogen and oxygen atoms in total. The molecule has 2 aromatic rings. The van der Waals surface area contributed by atoms with Crippen molar-refractivity contribution in [3.8, 4) is 5.75 Å². The van der Waals surface area contributed by atoms with Gasteiger partial charge in [-0.3, -0.25) is 0 Å². The lowest BCUT2D eigenvalue weighted by Crippen LogP contribution is -2.19. The number of fused-ring (bicyclic) bond motifs is 1. The van der Waals surface area contributed by atoms with E-state index in [0.717, 1.165) is 6.07 Å². The van der Waals surface area contributed by atoms with Gasteiger partial charge in [0.15, 0.2) is 17.1 Å². The van der Waals surface area contributed by atoms with E-state index in [9.17, 15) is 27.9 Å². The smallest absolute Gasteiger partial charge is 0.336 e. The van der Waals surface area contributed by atoms with Crippen LogP contribution in [0.3, 0.4) is 0 Å². The molecule has 0 unspecified atom stereocenters. The van der Waals surface area contributed by atoms with Crippen LogP contribution in [0.1, 0.15) is 5.56 Å². The van der Waals surface area contributed by atoms with E-state index < -0.39 is 36.4 Å². The van der Waals surface area contributed by atoms with Crippen LogP contribution in [0.4, 0.5) is 8.78 Å². The van der Waals surface area contributed by atoms with Crippen molar-refractivity contribution in [3.05, 3.63) is 39.8 Å². The molecule has 0 N–H and O–H groups in total. The van der Waals surface area contributed by atoms with E-state index in [1.165, 1.54) is 6.92 Å². The van der Waals surface area contributed by atoms with Crippen molar-refractivity contribution in [2.45, 2.75) is 6.92 Å². The molecule has 2 rings (SSSR count). The zero-order valence-electron chi connectivity index (χ0n) is 9.31.